The van der Waals surface area contributed by atoms with E-state index in [0.29, 0.717) is 0 Å². The molecule has 1 aromatic heterocycles. The van der Waals surface area contributed by atoms with Gasteiger partial charge in [-0.05, 0) is 31.7 Å². The fraction of sp³-hybridized carbons (Fsp3) is 0.667. The van der Waals surface area contributed by atoms with Crippen molar-refractivity contribution < 1.29 is 0 Å². The number of aryl methyl sites for hydroxylation is 1. The van der Waals surface area contributed by atoms with Crippen molar-refractivity contribution in [3.8, 4) is 0 Å². The van der Waals surface area contributed by atoms with Crippen LogP contribution in [0.5, 0.6) is 0 Å². The minimum absolute atomic E-state index is 1.09. The first-order chi connectivity index (χ1) is 8.75. The van der Waals surface area contributed by atoms with Crippen LogP contribution in [-0.4, -0.2) is 43.1 Å². The Morgan fingerprint density at radius 3 is 2.06 bits per heavy atom. The topological polar surface area (TPSA) is 19.4 Å². The van der Waals surface area contributed by atoms with Crippen molar-refractivity contribution in [2.45, 2.75) is 34.6 Å². The zero-order valence-corrected chi connectivity index (χ0v) is 12.9. The van der Waals surface area contributed by atoms with E-state index in [2.05, 4.69) is 34.8 Å². The Bertz CT molecular complexity index is 304. The van der Waals surface area contributed by atoms with Gasteiger partial charge in [0.2, 0.25) is 0 Å². The molecular formula is C15H29N3. The zero-order chi connectivity index (χ0) is 14.0. The largest absolute Gasteiger partial charge is 0.354 e. The molecule has 1 fully saturated rings. The lowest BCUT2D eigenvalue weighted by Gasteiger charge is -2.33. The molecule has 2 rings (SSSR count). The van der Waals surface area contributed by atoms with E-state index in [1.807, 2.05) is 40.0 Å². The highest BCUT2D eigenvalue weighted by Gasteiger charge is 2.14. The van der Waals surface area contributed by atoms with Crippen LogP contribution in [0.2, 0.25) is 0 Å². The molecule has 0 bridgehead atoms. The molecule has 0 aliphatic carbocycles. The summed E-state index contributed by atoms with van der Waals surface area (Å²) in [7, 11) is 2.17. The van der Waals surface area contributed by atoms with Crippen molar-refractivity contribution in [1.82, 2.24) is 9.88 Å². The van der Waals surface area contributed by atoms with E-state index < -0.39 is 0 Å². The number of hydrogen-bond donors (Lipinski definition) is 0. The Hall–Kier alpha value is -1.09. The predicted molar refractivity (Wildman–Crippen MR) is 81.4 cm³/mol. The number of likely N-dealkylation sites (N-methyl/N-ethyl adjacent to an activating group) is 1. The Morgan fingerprint density at radius 2 is 1.56 bits per heavy atom. The Kier molecular flexibility index (Phi) is 9.29. The molecule has 0 aromatic carbocycles. The molecule has 0 saturated carbocycles. The lowest BCUT2D eigenvalue weighted by atomic mass is 10.2. The molecule has 3 heteroatoms. The highest BCUT2D eigenvalue weighted by molar-refractivity contribution is 5.41. The Morgan fingerprint density at radius 1 is 1.00 bits per heavy atom. The molecule has 0 amide bonds. The van der Waals surface area contributed by atoms with Gasteiger partial charge in [-0.1, -0.05) is 27.7 Å². The molecule has 0 radical (unpaired) electrons. The van der Waals surface area contributed by atoms with Gasteiger partial charge < -0.3 is 9.80 Å². The monoisotopic (exact) mass is 251 g/mol. The van der Waals surface area contributed by atoms with Gasteiger partial charge in [0.15, 0.2) is 0 Å². The molecule has 1 aliphatic heterocycles. The van der Waals surface area contributed by atoms with Crippen LogP contribution in [0.25, 0.3) is 0 Å². The second-order valence-corrected chi connectivity index (χ2v) is 3.98. The van der Waals surface area contributed by atoms with Crippen molar-refractivity contribution in [3.63, 3.8) is 0 Å². The fourth-order valence-corrected chi connectivity index (χ4v) is 1.73. The molecular weight excluding hydrogens is 222 g/mol. The minimum Gasteiger partial charge on any atom is -0.354 e. The molecule has 2 heterocycles. The normalized spacial score (nSPS) is 15.1. The highest BCUT2D eigenvalue weighted by atomic mass is 15.3. The third-order valence-corrected chi connectivity index (χ3v) is 2.73. The summed E-state index contributed by atoms with van der Waals surface area (Å²) in [4.78, 5) is 9.10. The summed E-state index contributed by atoms with van der Waals surface area (Å²) < 4.78 is 0. The third kappa shape index (κ3) is 5.50. The summed E-state index contributed by atoms with van der Waals surface area (Å²) in [5, 5.41) is 0. The maximum absolute atomic E-state index is 4.40. The number of pyridine rings is 1. The summed E-state index contributed by atoms with van der Waals surface area (Å²) in [6.07, 6.45) is 1.89. The van der Waals surface area contributed by atoms with Crippen molar-refractivity contribution in [2.24, 2.45) is 0 Å². The lowest BCUT2D eigenvalue weighted by molar-refractivity contribution is 0.312. The van der Waals surface area contributed by atoms with Crippen LogP contribution in [0, 0.1) is 6.92 Å². The maximum Gasteiger partial charge on any atom is 0.128 e. The average Bonchev–Trinajstić information content (AvgIpc) is 2.44. The van der Waals surface area contributed by atoms with Crippen molar-refractivity contribution >= 4 is 5.82 Å². The quantitative estimate of drug-likeness (QED) is 0.764. The maximum atomic E-state index is 4.40. The van der Waals surface area contributed by atoms with Gasteiger partial charge in [-0.3, -0.25) is 0 Å². The number of anilines is 1. The van der Waals surface area contributed by atoms with Gasteiger partial charge in [0.25, 0.3) is 0 Å². The third-order valence-electron chi connectivity index (χ3n) is 2.73. The van der Waals surface area contributed by atoms with Gasteiger partial charge in [-0.25, -0.2) is 4.98 Å². The van der Waals surface area contributed by atoms with Crippen molar-refractivity contribution in [3.05, 3.63) is 23.9 Å². The van der Waals surface area contributed by atoms with Crippen LogP contribution in [-0.2, 0) is 0 Å². The average molecular weight is 251 g/mol. The number of nitrogens with zero attached hydrogens (tertiary/aromatic N) is 3. The Labute approximate surface area is 113 Å². The second-order valence-electron chi connectivity index (χ2n) is 3.98. The van der Waals surface area contributed by atoms with Crippen LogP contribution in [0.3, 0.4) is 0 Å². The summed E-state index contributed by atoms with van der Waals surface area (Å²) in [6.45, 7) is 14.6. The Balaban J connectivity index is 0.000000659. The first-order valence-electron chi connectivity index (χ1n) is 7.12. The van der Waals surface area contributed by atoms with E-state index in [-0.39, 0.29) is 0 Å². The van der Waals surface area contributed by atoms with Gasteiger partial charge in [0.1, 0.15) is 5.82 Å². The summed E-state index contributed by atoms with van der Waals surface area (Å²) in [5.41, 5.74) is 1.29. The number of piperazine rings is 1. The first-order valence-corrected chi connectivity index (χ1v) is 7.12. The van der Waals surface area contributed by atoms with Gasteiger partial charge in [0, 0.05) is 32.4 Å². The van der Waals surface area contributed by atoms with Gasteiger partial charge in [0.05, 0.1) is 0 Å². The van der Waals surface area contributed by atoms with Crippen LogP contribution in [0.1, 0.15) is 33.3 Å². The fourth-order valence-electron chi connectivity index (χ4n) is 1.73. The van der Waals surface area contributed by atoms with Crippen molar-refractivity contribution in [1.29, 1.82) is 0 Å². The van der Waals surface area contributed by atoms with Crippen molar-refractivity contribution in [2.75, 3.05) is 38.1 Å². The molecule has 3 nitrogen and oxygen atoms in total. The van der Waals surface area contributed by atoms with E-state index in [0.717, 1.165) is 32.0 Å². The molecule has 1 aromatic rings. The zero-order valence-electron chi connectivity index (χ0n) is 12.9. The molecule has 1 saturated heterocycles. The SMILES string of the molecule is CC.CC.Cc1ccnc(N2CCN(C)CC2)c1. The van der Waals surface area contributed by atoms with Gasteiger partial charge in [-0.2, -0.15) is 0 Å². The van der Waals surface area contributed by atoms with E-state index in [1.165, 1.54) is 5.56 Å². The van der Waals surface area contributed by atoms with Crippen LogP contribution in [0.15, 0.2) is 18.3 Å². The number of hydrogen-bond acceptors (Lipinski definition) is 3. The summed E-state index contributed by atoms with van der Waals surface area (Å²) in [6, 6.07) is 4.20. The minimum atomic E-state index is 1.09. The van der Waals surface area contributed by atoms with E-state index >= 15 is 0 Å². The van der Waals surface area contributed by atoms with E-state index in [1.54, 1.807) is 0 Å². The molecule has 104 valence electrons. The standard InChI is InChI=1S/C11H17N3.2C2H6/c1-10-3-4-12-11(9-10)14-7-5-13(2)6-8-14;2*1-2/h3-4,9H,5-8H2,1-2H3;2*1-2H3. The van der Waals surface area contributed by atoms with E-state index in [4.69, 9.17) is 0 Å². The molecule has 0 spiro atoms. The predicted octanol–water partition coefficient (Wildman–Crippen LogP) is 3.19. The lowest BCUT2D eigenvalue weighted by Crippen LogP contribution is -2.44. The van der Waals surface area contributed by atoms with Crippen LogP contribution in [0.4, 0.5) is 5.82 Å². The first kappa shape index (κ1) is 16.9. The summed E-state index contributed by atoms with van der Waals surface area (Å²) >= 11 is 0. The molecule has 0 unspecified atom stereocenters. The molecule has 1 aliphatic rings. The summed E-state index contributed by atoms with van der Waals surface area (Å²) in [5.74, 6) is 1.12. The molecule has 18 heavy (non-hydrogen) atoms. The van der Waals surface area contributed by atoms with Crippen LogP contribution >= 0.6 is 0 Å². The molecule has 0 atom stereocenters. The van der Waals surface area contributed by atoms with Crippen LogP contribution < -0.4 is 4.90 Å². The molecule has 0 N–H and O–H groups in total. The van der Waals surface area contributed by atoms with Gasteiger partial charge >= 0.3 is 0 Å². The number of aromatic nitrogens is 1. The highest BCUT2D eigenvalue weighted by Crippen LogP contribution is 2.13. The van der Waals surface area contributed by atoms with E-state index in [9.17, 15) is 0 Å². The number of rotatable bonds is 1. The van der Waals surface area contributed by atoms with Gasteiger partial charge in [-0.15, -0.1) is 0 Å². The second kappa shape index (κ2) is 9.89. The smallest absolute Gasteiger partial charge is 0.128 e.